The average Bonchev–Trinajstić information content (AvgIpc) is 3.30. The molecule has 1 aromatic carbocycles. The summed E-state index contributed by atoms with van der Waals surface area (Å²) in [6.45, 7) is 6.55. The quantitative estimate of drug-likeness (QED) is 0.588. The Hall–Kier alpha value is -3.46. The maximum absolute atomic E-state index is 13.0. The number of carbonyl (C=O) groups excluding carboxylic acids is 1. The van der Waals surface area contributed by atoms with E-state index in [1.165, 1.54) is 6.07 Å². The van der Waals surface area contributed by atoms with Crippen molar-refractivity contribution in [1.82, 2.24) is 25.1 Å². The molecule has 0 spiro atoms. The molecular weight excluding hydrogens is 408 g/mol. The molecule has 2 aromatic heterocycles. The fourth-order valence-corrected chi connectivity index (χ4v) is 3.65. The van der Waals surface area contributed by atoms with Crippen LogP contribution in [0.4, 0.5) is 5.95 Å². The Balaban J connectivity index is 1.58. The van der Waals surface area contributed by atoms with Gasteiger partial charge in [-0.15, -0.1) is 0 Å². The van der Waals surface area contributed by atoms with Crippen LogP contribution in [0.1, 0.15) is 47.5 Å². The number of hydrogen-bond acceptors (Lipinski definition) is 6. The number of morpholine rings is 1. The molecule has 1 atom stereocenters. The topological polar surface area (TPSA) is 105 Å². The standard InChI is InChI=1S/C23H28N6O3/c1-16(2)29-15-18(14-24-29)22(31)26-20(17-6-4-3-5-7-17)12-19-13-21(30)27-23(25-19)28-8-10-32-11-9-28/h3-7,13-16,20H,8-12H2,1-2H3,(H,26,31)(H,25,27,30)/t20-/m0/s1. The number of H-pyrrole nitrogens is 1. The van der Waals surface area contributed by atoms with Crippen LogP contribution in [0, 0.1) is 0 Å². The number of nitrogens with zero attached hydrogens (tertiary/aromatic N) is 4. The van der Waals surface area contributed by atoms with E-state index in [-0.39, 0.29) is 23.6 Å². The highest BCUT2D eigenvalue weighted by Crippen LogP contribution is 2.19. The van der Waals surface area contributed by atoms with Gasteiger partial charge in [-0.2, -0.15) is 5.10 Å². The maximum Gasteiger partial charge on any atom is 0.254 e. The van der Waals surface area contributed by atoms with E-state index >= 15 is 0 Å². The van der Waals surface area contributed by atoms with Crippen LogP contribution in [0.2, 0.25) is 0 Å². The van der Waals surface area contributed by atoms with Crippen molar-refractivity contribution in [3.8, 4) is 0 Å². The van der Waals surface area contributed by atoms with Gasteiger partial charge in [0.15, 0.2) is 0 Å². The Morgan fingerprint density at radius 3 is 2.66 bits per heavy atom. The molecule has 3 heterocycles. The van der Waals surface area contributed by atoms with Crippen molar-refractivity contribution in [1.29, 1.82) is 0 Å². The van der Waals surface area contributed by atoms with Gasteiger partial charge < -0.3 is 15.0 Å². The van der Waals surface area contributed by atoms with Crippen LogP contribution in [-0.4, -0.2) is 52.0 Å². The lowest BCUT2D eigenvalue weighted by atomic mass is 10.0. The van der Waals surface area contributed by atoms with Gasteiger partial charge in [0.2, 0.25) is 5.95 Å². The number of rotatable bonds is 7. The molecule has 0 aliphatic carbocycles. The minimum Gasteiger partial charge on any atom is -0.378 e. The number of nitrogens with one attached hydrogen (secondary N) is 2. The molecule has 1 amide bonds. The van der Waals surface area contributed by atoms with E-state index in [0.717, 1.165) is 5.56 Å². The largest absolute Gasteiger partial charge is 0.378 e. The predicted molar refractivity (Wildman–Crippen MR) is 121 cm³/mol. The van der Waals surface area contributed by atoms with Crippen LogP contribution >= 0.6 is 0 Å². The van der Waals surface area contributed by atoms with Crippen molar-refractivity contribution in [2.24, 2.45) is 0 Å². The van der Waals surface area contributed by atoms with Gasteiger partial charge in [0.05, 0.1) is 36.7 Å². The fraction of sp³-hybridized carbons (Fsp3) is 0.391. The number of ether oxygens (including phenoxy) is 1. The average molecular weight is 437 g/mol. The highest BCUT2D eigenvalue weighted by molar-refractivity contribution is 5.94. The lowest BCUT2D eigenvalue weighted by Gasteiger charge is -2.27. The third-order valence-corrected chi connectivity index (χ3v) is 5.41. The zero-order valence-corrected chi connectivity index (χ0v) is 18.3. The number of carbonyl (C=O) groups is 1. The summed E-state index contributed by atoms with van der Waals surface area (Å²) in [6, 6.07) is 11.0. The van der Waals surface area contributed by atoms with E-state index in [2.05, 4.69) is 20.4 Å². The van der Waals surface area contributed by atoms with Gasteiger partial charge in [-0.3, -0.25) is 19.3 Å². The van der Waals surface area contributed by atoms with Crippen LogP contribution in [0.25, 0.3) is 0 Å². The second-order valence-electron chi connectivity index (χ2n) is 8.10. The molecule has 0 bridgehead atoms. The molecule has 0 saturated carbocycles. The normalized spacial score (nSPS) is 15.0. The Morgan fingerprint density at radius 1 is 1.22 bits per heavy atom. The van der Waals surface area contributed by atoms with Crippen LogP contribution in [0.15, 0.2) is 53.6 Å². The summed E-state index contributed by atoms with van der Waals surface area (Å²) in [5, 5.41) is 7.35. The van der Waals surface area contributed by atoms with Crippen LogP contribution in [0.5, 0.6) is 0 Å². The third kappa shape index (κ3) is 5.23. The summed E-state index contributed by atoms with van der Waals surface area (Å²) < 4.78 is 7.14. The van der Waals surface area contributed by atoms with Gasteiger partial charge in [0, 0.05) is 37.8 Å². The molecule has 9 nitrogen and oxygen atoms in total. The highest BCUT2D eigenvalue weighted by Gasteiger charge is 2.20. The molecule has 32 heavy (non-hydrogen) atoms. The smallest absolute Gasteiger partial charge is 0.254 e. The number of anilines is 1. The summed E-state index contributed by atoms with van der Waals surface area (Å²) >= 11 is 0. The summed E-state index contributed by atoms with van der Waals surface area (Å²) in [4.78, 5) is 34.8. The molecule has 2 N–H and O–H groups in total. The Kier molecular flexibility index (Phi) is 6.65. The Bertz CT molecular complexity index is 1100. The van der Waals surface area contributed by atoms with E-state index in [1.54, 1.807) is 17.1 Å². The van der Waals surface area contributed by atoms with Crippen LogP contribution < -0.4 is 15.8 Å². The number of benzene rings is 1. The molecule has 1 aliphatic rings. The molecular formula is C23H28N6O3. The van der Waals surface area contributed by atoms with E-state index in [1.807, 2.05) is 49.1 Å². The molecule has 1 saturated heterocycles. The van der Waals surface area contributed by atoms with Gasteiger partial charge in [-0.25, -0.2) is 4.98 Å². The summed E-state index contributed by atoms with van der Waals surface area (Å²) in [7, 11) is 0. The Morgan fingerprint density at radius 2 is 1.97 bits per heavy atom. The van der Waals surface area contributed by atoms with E-state index in [9.17, 15) is 9.59 Å². The van der Waals surface area contributed by atoms with Crippen molar-refractivity contribution in [2.45, 2.75) is 32.4 Å². The monoisotopic (exact) mass is 436 g/mol. The number of hydrogen-bond donors (Lipinski definition) is 2. The van der Waals surface area contributed by atoms with Gasteiger partial charge in [-0.1, -0.05) is 30.3 Å². The van der Waals surface area contributed by atoms with Crippen molar-refractivity contribution >= 4 is 11.9 Å². The van der Waals surface area contributed by atoms with Gasteiger partial charge in [-0.05, 0) is 19.4 Å². The predicted octanol–water partition coefficient (Wildman–Crippen LogP) is 2.10. The summed E-state index contributed by atoms with van der Waals surface area (Å²) in [6.07, 6.45) is 3.69. The first-order chi connectivity index (χ1) is 15.5. The molecule has 0 unspecified atom stereocenters. The zero-order valence-electron chi connectivity index (χ0n) is 18.3. The fourth-order valence-electron chi connectivity index (χ4n) is 3.65. The minimum absolute atomic E-state index is 0.167. The van der Waals surface area contributed by atoms with Gasteiger partial charge in [0.25, 0.3) is 11.5 Å². The van der Waals surface area contributed by atoms with Crippen LogP contribution in [-0.2, 0) is 11.2 Å². The summed E-state index contributed by atoms with van der Waals surface area (Å²) in [5.41, 5.74) is 1.83. The highest BCUT2D eigenvalue weighted by atomic mass is 16.5. The van der Waals surface area contributed by atoms with Gasteiger partial charge in [0.1, 0.15) is 0 Å². The molecule has 0 radical (unpaired) electrons. The zero-order chi connectivity index (χ0) is 22.5. The molecule has 3 aromatic rings. The lowest BCUT2D eigenvalue weighted by molar-refractivity contribution is 0.0936. The maximum atomic E-state index is 13.0. The molecule has 9 heteroatoms. The SMILES string of the molecule is CC(C)n1cc(C(=O)N[C@@H](Cc2cc(=O)[nH]c(N3CCOCC3)n2)c2ccccc2)cn1. The molecule has 168 valence electrons. The van der Waals surface area contributed by atoms with E-state index < -0.39 is 0 Å². The van der Waals surface area contributed by atoms with E-state index in [4.69, 9.17) is 4.74 Å². The number of aromatic amines is 1. The summed E-state index contributed by atoms with van der Waals surface area (Å²) in [5.74, 6) is 0.316. The molecule has 1 fully saturated rings. The second kappa shape index (κ2) is 9.78. The van der Waals surface area contributed by atoms with Crippen molar-refractivity contribution < 1.29 is 9.53 Å². The second-order valence-corrected chi connectivity index (χ2v) is 8.10. The minimum atomic E-state index is -0.349. The van der Waals surface area contributed by atoms with Gasteiger partial charge >= 0.3 is 0 Å². The number of aromatic nitrogens is 4. The molecule has 4 rings (SSSR count). The number of amides is 1. The molecule has 1 aliphatic heterocycles. The van der Waals surface area contributed by atoms with Crippen LogP contribution in [0.3, 0.4) is 0 Å². The van der Waals surface area contributed by atoms with Crippen molar-refractivity contribution in [3.63, 3.8) is 0 Å². The lowest BCUT2D eigenvalue weighted by Crippen LogP contribution is -2.38. The van der Waals surface area contributed by atoms with Crippen molar-refractivity contribution in [3.05, 3.63) is 76.0 Å². The third-order valence-electron chi connectivity index (χ3n) is 5.41. The van der Waals surface area contributed by atoms with Crippen molar-refractivity contribution in [2.75, 3.05) is 31.2 Å². The van der Waals surface area contributed by atoms with E-state index in [0.29, 0.717) is 49.9 Å². The first-order valence-corrected chi connectivity index (χ1v) is 10.8. The first-order valence-electron chi connectivity index (χ1n) is 10.8. The first kappa shape index (κ1) is 21.8. The Labute approximate surface area is 186 Å².